The summed E-state index contributed by atoms with van der Waals surface area (Å²) >= 11 is 11.2. The first-order chi connectivity index (χ1) is 19.8. The zero-order valence-electron chi connectivity index (χ0n) is 22.1. The van der Waals surface area contributed by atoms with E-state index >= 15 is 0 Å². The normalized spacial score (nSPS) is 11.8. The topological polar surface area (TPSA) is 87.3 Å². The number of hydrogen-bond acceptors (Lipinski definition) is 4. The Morgan fingerprint density at radius 1 is 0.878 bits per heavy atom. The standard InChI is InChI=1S/C32H27BrClN3O3S/c1-2-29(32(40)36-27-18-9-7-16-25(27)33)41-24-15-10-14-23(20-24)35-31(39)28(19-22-13-6-8-17-26(22)34)37-30(38)21-11-4-3-5-12-21/h3-20,29H,2H2,1H3,(H,35,39)(H,36,40)(H,37,38)/b28-19+. The van der Waals surface area contributed by atoms with Crippen molar-refractivity contribution in [2.45, 2.75) is 23.5 Å². The number of amides is 3. The summed E-state index contributed by atoms with van der Waals surface area (Å²) in [6.45, 7) is 1.95. The average Bonchev–Trinajstić information content (AvgIpc) is 2.98. The molecule has 0 bridgehead atoms. The SMILES string of the molecule is CCC(Sc1cccc(NC(=O)/C(=C\c2ccccc2Cl)NC(=O)c2ccccc2)c1)C(=O)Nc1ccccc1Br. The molecule has 0 saturated heterocycles. The molecule has 0 spiro atoms. The molecular formula is C32H27BrClN3O3S. The molecule has 0 aliphatic rings. The van der Waals surface area contributed by atoms with Crippen molar-refractivity contribution < 1.29 is 14.4 Å². The van der Waals surface area contributed by atoms with E-state index in [-0.39, 0.29) is 16.9 Å². The second-order valence-electron chi connectivity index (χ2n) is 8.87. The lowest BCUT2D eigenvalue weighted by Crippen LogP contribution is -2.30. The van der Waals surface area contributed by atoms with Gasteiger partial charge in [0.25, 0.3) is 11.8 Å². The van der Waals surface area contributed by atoms with Crippen molar-refractivity contribution in [3.63, 3.8) is 0 Å². The van der Waals surface area contributed by atoms with Crippen LogP contribution in [0.4, 0.5) is 11.4 Å². The van der Waals surface area contributed by atoms with Gasteiger partial charge in [-0.15, -0.1) is 11.8 Å². The Morgan fingerprint density at radius 2 is 1.59 bits per heavy atom. The van der Waals surface area contributed by atoms with Crippen molar-refractivity contribution in [2.75, 3.05) is 10.6 Å². The third kappa shape index (κ3) is 8.57. The minimum Gasteiger partial charge on any atom is -0.324 e. The lowest BCUT2D eigenvalue weighted by Gasteiger charge is -2.16. The highest BCUT2D eigenvalue weighted by atomic mass is 79.9. The Balaban J connectivity index is 1.51. The van der Waals surface area contributed by atoms with Gasteiger partial charge in [-0.25, -0.2) is 0 Å². The van der Waals surface area contributed by atoms with Crippen LogP contribution < -0.4 is 16.0 Å². The molecule has 6 nitrogen and oxygen atoms in total. The van der Waals surface area contributed by atoms with Crippen LogP contribution in [0.3, 0.4) is 0 Å². The molecule has 0 aliphatic heterocycles. The summed E-state index contributed by atoms with van der Waals surface area (Å²) in [4.78, 5) is 40.1. The molecule has 1 atom stereocenters. The minimum absolute atomic E-state index is 0.0317. The summed E-state index contributed by atoms with van der Waals surface area (Å²) in [6, 6.07) is 30.3. The molecule has 4 rings (SSSR count). The number of rotatable bonds is 10. The molecule has 3 amide bonds. The second-order valence-corrected chi connectivity index (χ2v) is 11.4. The number of benzene rings is 4. The Labute approximate surface area is 256 Å². The predicted molar refractivity (Wildman–Crippen MR) is 171 cm³/mol. The fourth-order valence-electron chi connectivity index (χ4n) is 3.80. The van der Waals surface area contributed by atoms with Gasteiger partial charge >= 0.3 is 0 Å². The quantitative estimate of drug-likeness (QED) is 0.120. The maximum absolute atomic E-state index is 13.4. The molecule has 41 heavy (non-hydrogen) atoms. The van der Waals surface area contributed by atoms with E-state index in [1.807, 2.05) is 43.3 Å². The van der Waals surface area contributed by atoms with E-state index in [1.54, 1.807) is 66.7 Å². The monoisotopic (exact) mass is 647 g/mol. The number of thioether (sulfide) groups is 1. The third-order valence-electron chi connectivity index (χ3n) is 5.90. The Morgan fingerprint density at radius 3 is 2.32 bits per heavy atom. The number of hydrogen-bond donors (Lipinski definition) is 3. The molecule has 0 aliphatic carbocycles. The van der Waals surface area contributed by atoms with E-state index < -0.39 is 11.8 Å². The lowest BCUT2D eigenvalue weighted by molar-refractivity contribution is -0.116. The number of carbonyl (C=O) groups excluding carboxylic acids is 3. The van der Waals surface area contributed by atoms with Gasteiger partial charge in [-0.3, -0.25) is 14.4 Å². The van der Waals surface area contributed by atoms with Crippen LogP contribution in [0.15, 0.2) is 118 Å². The van der Waals surface area contributed by atoms with Gasteiger partial charge in [0.2, 0.25) is 5.91 Å². The van der Waals surface area contributed by atoms with E-state index in [0.29, 0.717) is 33.9 Å². The molecule has 0 saturated carbocycles. The number of nitrogens with one attached hydrogen (secondary N) is 3. The van der Waals surface area contributed by atoms with Crippen LogP contribution in [0, 0.1) is 0 Å². The van der Waals surface area contributed by atoms with Crippen LogP contribution in [0.5, 0.6) is 0 Å². The zero-order valence-corrected chi connectivity index (χ0v) is 25.2. The Hall–Kier alpha value is -3.85. The average molecular weight is 649 g/mol. The van der Waals surface area contributed by atoms with Gasteiger partial charge in [-0.1, -0.05) is 73.1 Å². The smallest absolute Gasteiger partial charge is 0.272 e. The van der Waals surface area contributed by atoms with Crippen LogP contribution >= 0.6 is 39.3 Å². The van der Waals surface area contributed by atoms with Crippen LogP contribution in [-0.4, -0.2) is 23.0 Å². The largest absolute Gasteiger partial charge is 0.324 e. The van der Waals surface area contributed by atoms with E-state index in [1.165, 1.54) is 17.8 Å². The van der Waals surface area contributed by atoms with Crippen LogP contribution in [0.25, 0.3) is 6.08 Å². The number of anilines is 2. The first kappa shape index (κ1) is 30.1. The van der Waals surface area contributed by atoms with Gasteiger partial charge in [0.15, 0.2) is 0 Å². The first-order valence-corrected chi connectivity index (χ1v) is 14.8. The zero-order chi connectivity index (χ0) is 29.2. The van der Waals surface area contributed by atoms with Gasteiger partial charge in [0.05, 0.1) is 10.9 Å². The summed E-state index contributed by atoms with van der Waals surface area (Å²) < 4.78 is 0.804. The third-order valence-corrected chi connectivity index (χ3v) is 8.29. The molecule has 0 fully saturated rings. The molecule has 4 aromatic carbocycles. The van der Waals surface area contributed by atoms with Crippen LogP contribution in [-0.2, 0) is 9.59 Å². The van der Waals surface area contributed by atoms with Crippen molar-refractivity contribution in [2.24, 2.45) is 0 Å². The van der Waals surface area contributed by atoms with Crippen LogP contribution in [0.1, 0.15) is 29.3 Å². The molecule has 9 heteroatoms. The van der Waals surface area contributed by atoms with Crippen molar-refractivity contribution >= 4 is 74.5 Å². The number of para-hydroxylation sites is 1. The van der Waals surface area contributed by atoms with Gasteiger partial charge < -0.3 is 16.0 Å². The summed E-state index contributed by atoms with van der Waals surface area (Å²) in [7, 11) is 0. The molecule has 0 heterocycles. The Bertz CT molecular complexity index is 1580. The molecule has 0 aromatic heterocycles. The van der Waals surface area contributed by atoms with E-state index in [0.717, 1.165) is 9.37 Å². The molecule has 3 N–H and O–H groups in total. The summed E-state index contributed by atoms with van der Waals surface area (Å²) in [5.41, 5.74) is 2.24. The first-order valence-electron chi connectivity index (χ1n) is 12.8. The highest BCUT2D eigenvalue weighted by Crippen LogP contribution is 2.30. The van der Waals surface area contributed by atoms with Crippen molar-refractivity contribution in [3.05, 3.63) is 129 Å². The maximum atomic E-state index is 13.4. The van der Waals surface area contributed by atoms with E-state index in [9.17, 15) is 14.4 Å². The van der Waals surface area contributed by atoms with Gasteiger partial charge in [0, 0.05) is 25.6 Å². The number of carbonyl (C=O) groups is 3. The maximum Gasteiger partial charge on any atom is 0.272 e. The lowest BCUT2D eigenvalue weighted by atomic mass is 10.1. The minimum atomic E-state index is -0.518. The van der Waals surface area contributed by atoms with Gasteiger partial charge in [0.1, 0.15) is 5.70 Å². The fourth-order valence-corrected chi connectivity index (χ4v) is 5.39. The highest BCUT2D eigenvalue weighted by Gasteiger charge is 2.20. The van der Waals surface area contributed by atoms with E-state index in [2.05, 4.69) is 31.9 Å². The summed E-state index contributed by atoms with van der Waals surface area (Å²) in [5.74, 6) is -1.06. The fraction of sp³-hybridized carbons (Fsp3) is 0.0938. The molecule has 0 radical (unpaired) electrons. The highest BCUT2D eigenvalue weighted by molar-refractivity contribution is 9.10. The van der Waals surface area contributed by atoms with Gasteiger partial charge in [-0.2, -0.15) is 0 Å². The van der Waals surface area contributed by atoms with E-state index in [4.69, 9.17) is 11.6 Å². The summed E-state index contributed by atoms with van der Waals surface area (Å²) in [6.07, 6.45) is 2.14. The molecular weight excluding hydrogens is 622 g/mol. The Kier molecular flexibility index (Phi) is 10.8. The van der Waals surface area contributed by atoms with Crippen molar-refractivity contribution in [1.29, 1.82) is 0 Å². The van der Waals surface area contributed by atoms with Gasteiger partial charge in [-0.05, 0) is 82.5 Å². The second kappa shape index (κ2) is 14.7. The number of halogens is 2. The predicted octanol–water partition coefficient (Wildman–Crippen LogP) is 8.02. The van der Waals surface area contributed by atoms with Crippen LogP contribution in [0.2, 0.25) is 5.02 Å². The molecule has 208 valence electrons. The molecule has 1 unspecified atom stereocenters. The molecule has 4 aromatic rings. The van der Waals surface area contributed by atoms with Crippen molar-refractivity contribution in [3.8, 4) is 0 Å². The van der Waals surface area contributed by atoms with Crippen molar-refractivity contribution in [1.82, 2.24) is 5.32 Å². The summed E-state index contributed by atoms with van der Waals surface area (Å²) in [5, 5.41) is 8.63.